The fourth-order valence-corrected chi connectivity index (χ4v) is 2.70. The third kappa shape index (κ3) is 4.67. The van der Waals surface area contributed by atoms with Crippen molar-refractivity contribution in [3.05, 3.63) is 81.6 Å². The van der Waals surface area contributed by atoms with Gasteiger partial charge in [-0.3, -0.25) is 4.79 Å². The molecule has 0 aliphatic rings. The van der Waals surface area contributed by atoms with Gasteiger partial charge in [0.05, 0.1) is 26.0 Å². The molecule has 0 radical (unpaired) electrons. The van der Waals surface area contributed by atoms with E-state index in [1.807, 2.05) is 0 Å². The number of hydrogen-bond acceptors (Lipinski definition) is 7. The molecule has 0 atom stereocenters. The zero-order valence-corrected chi connectivity index (χ0v) is 16.8. The summed E-state index contributed by atoms with van der Waals surface area (Å²) in [4.78, 5) is 24.4. The van der Waals surface area contributed by atoms with Crippen molar-refractivity contribution in [2.45, 2.75) is 6.92 Å². The Morgan fingerprint density at radius 2 is 1.73 bits per heavy atom. The van der Waals surface area contributed by atoms with Crippen LogP contribution < -0.4 is 25.5 Å². The number of nitrogens with zero attached hydrogens (tertiary/aromatic N) is 2. The highest BCUT2D eigenvalue weighted by Gasteiger charge is 2.13. The molecule has 8 nitrogen and oxygen atoms in total. The van der Waals surface area contributed by atoms with E-state index in [0.717, 1.165) is 10.2 Å². The Morgan fingerprint density at radius 1 is 1.00 bits per heavy atom. The summed E-state index contributed by atoms with van der Waals surface area (Å²) in [5, 5.41) is 4.13. The third-order valence-electron chi connectivity index (χ3n) is 4.22. The van der Waals surface area contributed by atoms with Crippen LogP contribution in [0.4, 0.5) is 5.82 Å². The lowest BCUT2D eigenvalue weighted by Crippen LogP contribution is -2.19. The van der Waals surface area contributed by atoms with E-state index < -0.39 is 5.97 Å². The number of benzene rings is 2. The number of carbonyl (C=O) groups excluding carboxylic acids is 1. The van der Waals surface area contributed by atoms with Gasteiger partial charge in [0.15, 0.2) is 11.5 Å². The van der Waals surface area contributed by atoms with Crippen LogP contribution in [0.25, 0.3) is 0 Å². The van der Waals surface area contributed by atoms with E-state index in [2.05, 4.69) is 5.10 Å². The van der Waals surface area contributed by atoms with E-state index in [-0.39, 0.29) is 17.1 Å². The summed E-state index contributed by atoms with van der Waals surface area (Å²) in [6.45, 7) is 1.78. The minimum Gasteiger partial charge on any atom is -0.497 e. The zero-order valence-electron chi connectivity index (χ0n) is 16.8. The second kappa shape index (κ2) is 8.95. The molecular weight excluding hydrogens is 386 g/mol. The standard InChI is InChI=1S/C22H21N3O5/c1-14-10-20(23)25(21(26)11-14)24-13-15-4-9-18(19(12-15)29-3)30-22(27)16-5-7-17(28-2)8-6-16/h4-13H,23H2,1-3H3. The molecule has 1 heterocycles. The van der Waals surface area contributed by atoms with Gasteiger partial charge in [-0.1, -0.05) is 0 Å². The second-order valence-corrected chi connectivity index (χ2v) is 6.38. The molecule has 0 aliphatic heterocycles. The second-order valence-electron chi connectivity index (χ2n) is 6.38. The molecule has 0 spiro atoms. The Hall–Kier alpha value is -4.07. The zero-order chi connectivity index (χ0) is 21.7. The lowest BCUT2D eigenvalue weighted by atomic mass is 10.2. The van der Waals surface area contributed by atoms with Crippen molar-refractivity contribution in [1.82, 2.24) is 4.68 Å². The predicted octanol–water partition coefficient (Wildman–Crippen LogP) is 2.86. The van der Waals surface area contributed by atoms with Crippen LogP contribution in [0.3, 0.4) is 0 Å². The topological polar surface area (TPSA) is 105 Å². The first-order valence-corrected chi connectivity index (χ1v) is 8.99. The summed E-state index contributed by atoms with van der Waals surface area (Å²) in [6, 6.07) is 14.6. The number of carbonyl (C=O) groups is 1. The maximum absolute atomic E-state index is 12.4. The predicted molar refractivity (Wildman–Crippen MR) is 114 cm³/mol. The largest absolute Gasteiger partial charge is 0.497 e. The SMILES string of the molecule is COc1ccc(C(=O)Oc2ccc(C=Nn3c(N)cc(C)cc3=O)cc2OC)cc1. The lowest BCUT2D eigenvalue weighted by molar-refractivity contribution is 0.0729. The molecule has 0 unspecified atom stereocenters. The van der Waals surface area contributed by atoms with E-state index in [9.17, 15) is 9.59 Å². The molecule has 2 N–H and O–H groups in total. The van der Waals surface area contributed by atoms with Crippen molar-refractivity contribution in [3.63, 3.8) is 0 Å². The Labute approximate surface area is 173 Å². The normalized spacial score (nSPS) is 10.8. The highest BCUT2D eigenvalue weighted by atomic mass is 16.6. The molecule has 3 rings (SSSR count). The number of anilines is 1. The fraction of sp³-hybridized carbons (Fsp3) is 0.136. The molecule has 154 valence electrons. The van der Waals surface area contributed by atoms with Gasteiger partial charge in [-0.25, -0.2) is 4.79 Å². The van der Waals surface area contributed by atoms with Crippen molar-refractivity contribution in [3.8, 4) is 17.2 Å². The van der Waals surface area contributed by atoms with Crippen molar-refractivity contribution < 1.29 is 19.0 Å². The van der Waals surface area contributed by atoms with Gasteiger partial charge in [-0.15, -0.1) is 0 Å². The first-order chi connectivity index (χ1) is 14.4. The van der Waals surface area contributed by atoms with Crippen LogP contribution in [0.15, 0.2) is 64.5 Å². The van der Waals surface area contributed by atoms with Crippen LogP contribution in [0.1, 0.15) is 21.5 Å². The van der Waals surface area contributed by atoms with Crippen molar-refractivity contribution in [2.24, 2.45) is 5.10 Å². The Balaban J connectivity index is 1.81. The summed E-state index contributed by atoms with van der Waals surface area (Å²) < 4.78 is 16.9. The first kappa shape index (κ1) is 20.7. The van der Waals surface area contributed by atoms with Gasteiger partial charge in [0.2, 0.25) is 0 Å². The Kier molecular flexibility index (Phi) is 6.17. The Morgan fingerprint density at radius 3 is 2.37 bits per heavy atom. The lowest BCUT2D eigenvalue weighted by Gasteiger charge is -2.10. The molecule has 0 amide bonds. The molecule has 2 aromatic carbocycles. The minimum absolute atomic E-state index is 0.230. The van der Waals surface area contributed by atoms with Crippen LogP contribution in [0, 0.1) is 6.92 Å². The molecule has 0 bridgehead atoms. The number of nitrogens with two attached hydrogens (primary N) is 1. The number of aryl methyl sites for hydroxylation is 1. The van der Waals surface area contributed by atoms with E-state index in [4.69, 9.17) is 19.9 Å². The third-order valence-corrected chi connectivity index (χ3v) is 4.22. The average molecular weight is 407 g/mol. The van der Waals surface area contributed by atoms with Gasteiger partial charge >= 0.3 is 5.97 Å². The molecule has 0 saturated carbocycles. The van der Waals surface area contributed by atoms with Gasteiger partial charge in [-0.05, 0) is 66.6 Å². The van der Waals surface area contributed by atoms with E-state index in [1.54, 1.807) is 62.6 Å². The molecule has 1 aromatic heterocycles. The van der Waals surface area contributed by atoms with Gasteiger partial charge in [0.25, 0.3) is 5.56 Å². The highest BCUT2D eigenvalue weighted by molar-refractivity contribution is 5.91. The summed E-state index contributed by atoms with van der Waals surface area (Å²) in [5.74, 6) is 0.929. The van der Waals surface area contributed by atoms with Crippen LogP contribution in [0.2, 0.25) is 0 Å². The molecule has 3 aromatic rings. The quantitative estimate of drug-likeness (QED) is 0.383. The summed E-state index contributed by atoms with van der Waals surface area (Å²) >= 11 is 0. The van der Waals surface area contributed by atoms with Crippen LogP contribution in [-0.4, -0.2) is 31.1 Å². The van der Waals surface area contributed by atoms with Gasteiger partial charge in [0, 0.05) is 6.07 Å². The maximum atomic E-state index is 12.4. The number of ether oxygens (including phenoxy) is 3. The summed E-state index contributed by atoms with van der Waals surface area (Å²) in [6.07, 6.45) is 1.46. The van der Waals surface area contributed by atoms with Gasteiger partial charge < -0.3 is 19.9 Å². The van der Waals surface area contributed by atoms with Crippen molar-refractivity contribution in [2.75, 3.05) is 20.0 Å². The molecule has 0 saturated heterocycles. The average Bonchev–Trinajstić information content (AvgIpc) is 2.73. The van der Waals surface area contributed by atoms with Crippen LogP contribution >= 0.6 is 0 Å². The highest BCUT2D eigenvalue weighted by Crippen LogP contribution is 2.28. The maximum Gasteiger partial charge on any atom is 0.343 e. The van der Waals surface area contributed by atoms with Gasteiger partial charge in [-0.2, -0.15) is 9.78 Å². The number of nitrogen functional groups attached to an aromatic ring is 1. The molecular formula is C22H21N3O5. The number of methoxy groups -OCH3 is 2. The number of esters is 1. The fourth-order valence-electron chi connectivity index (χ4n) is 2.70. The van der Waals surface area contributed by atoms with Crippen LogP contribution in [-0.2, 0) is 0 Å². The smallest absolute Gasteiger partial charge is 0.343 e. The first-order valence-electron chi connectivity index (χ1n) is 8.99. The van der Waals surface area contributed by atoms with E-state index in [1.165, 1.54) is 19.4 Å². The van der Waals surface area contributed by atoms with E-state index in [0.29, 0.717) is 22.6 Å². The van der Waals surface area contributed by atoms with Crippen molar-refractivity contribution in [1.29, 1.82) is 0 Å². The molecule has 8 heteroatoms. The van der Waals surface area contributed by atoms with Gasteiger partial charge in [0.1, 0.15) is 11.6 Å². The summed E-state index contributed by atoms with van der Waals surface area (Å²) in [7, 11) is 3.01. The monoisotopic (exact) mass is 407 g/mol. The number of aromatic nitrogens is 1. The van der Waals surface area contributed by atoms with Crippen molar-refractivity contribution >= 4 is 18.0 Å². The summed E-state index contributed by atoms with van der Waals surface area (Å²) in [5.41, 5.74) is 7.28. The molecule has 0 aliphatic carbocycles. The minimum atomic E-state index is -0.531. The number of pyridine rings is 1. The van der Waals surface area contributed by atoms with Crippen LogP contribution in [0.5, 0.6) is 17.2 Å². The number of hydrogen-bond donors (Lipinski definition) is 1. The number of rotatable bonds is 6. The molecule has 0 fully saturated rings. The molecule has 30 heavy (non-hydrogen) atoms. The Bertz CT molecular complexity index is 1150. The van der Waals surface area contributed by atoms with E-state index >= 15 is 0 Å².